The number of hydrogen-bond donors (Lipinski definition) is 1. The molecule has 1 fully saturated rings. The fourth-order valence-electron chi connectivity index (χ4n) is 2.84. The molecule has 1 N–H and O–H groups in total. The van der Waals surface area contributed by atoms with Crippen molar-refractivity contribution < 1.29 is 0 Å². The van der Waals surface area contributed by atoms with E-state index in [4.69, 9.17) is 4.98 Å². The van der Waals surface area contributed by atoms with E-state index in [0.29, 0.717) is 12.1 Å². The Morgan fingerprint density at radius 3 is 3.20 bits per heavy atom. The molecule has 1 aliphatic rings. The monoisotopic (exact) mass is 310 g/mol. The minimum atomic E-state index is 0.488. The summed E-state index contributed by atoms with van der Waals surface area (Å²) in [6.45, 7) is 4.39. The van der Waals surface area contributed by atoms with Gasteiger partial charge in [0, 0.05) is 54.3 Å². The highest BCUT2D eigenvalue weighted by Gasteiger charge is 2.28. The molecule has 1 aliphatic heterocycles. The van der Waals surface area contributed by atoms with E-state index < -0.39 is 0 Å². The largest absolute Gasteiger partial charge is 0.312 e. The van der Waals surface area contributed by atoms with Gasteiger partial charge in [0.1, 0.15) is 0 Å². The zero-order chi connectivity index (χ0) is 13.9. The fraction of sp³-hybridized carbons (Fsp3) is 0.643. The number of fused-ring (bicyclic) bond motifs is 1. The van der Waals surface area contributed by atoms with Crippen LogP contribution in [0.2, 0.25) is 0 Å². The van der Waals surface area contributed by atoms with Crippen LogP contribution in [0.4, 0.5) is 0 Å². The molecule has 0 aliphatic carbocycles. The Bertz CT molecular complexity index is 522. The van der Waals surface area contributed by atoms with Crippen LogP contribution in [0.25, 0.3) is 4.96 Å². The van der Waals surface area contributed by atoms with Crippen molar-refractivity contribution >= 4 is 28.1 Å². The first kappa shape index (κ1) is 14.4. The van der Waals surface area contributed by atoms with Crippen LogP contribution in [-0.2, 0) is 6.42 Å². The van der Waals surface area contributed by atoms with Gasteiger partial charge >= 0.3 is 0 Å². The molecular formula is C14H22N4S2. The molecule has 3 heterocycles. The van der Waals surface area contributed by atoms with Crippen molar-refractivity contribution in [2.24, 2.45) is 0 Å². The summed E-state index contributed by atoms with van der Waals surface area (Å²) in [6.07, 6.45) is 5.27. The molecule has 0 aromatic carbocycles. The van der Waals surface area contributed by atoms with Crippen LogP contribution in [0.5, 0.6) is 0 Å². The third-order valence-electron chi connectivity index (χ3n) is 3.95. The lowest BCUT2D eigenvalue weighted by molar-refractivity contribution is 0.214. The van der Waals surface area contributed by atoms with Gasteiger partial charge < -0.3 is 10.2 Å². The topological polar surface area (TPSA) is 32.6 Å². The Hall–Kier alpha value is -0.560. The Balaban J connectivity index is 1.74. The Labute approximate surface area is 128 Å². The van der Waals surface area contributed by atoms with Gasteiger partial charge in [0.2, 0.25) is 0 Å². The van der Waals surface area contributed by atoms with Gasteiger partial charge in [0.15, 0.2) is 4.96 Å². The second-order valence-corrected chi connectivity index (χ2v) is 7.34. The third-order valence-corrected chi connectivity index (χ3v) is 5.77. The maximum Gasteiger partial charge on any atom is 0.193 e. The summed E-state index contributed by atoms with van der Waals surface area (Å²) >= 11 is 3.77. The Morgan fingerprint density at radius 2 is 2.45 bits per heavy atom. The molecule has 3 rings (SSSR count). The van der Waals surface area contributed by atoms with E-state index in [1.165, 1.54) is 23.7 Å². The smallest absolute Gasteiger partial charge is 0.193 e. The van der Waals surface area contributed by atoms with E-state index in [1.54, 1.807) is 11.3 Å². The Kier molecular flexibility index (Phi) is 4.65. The van der Waals surface area contributed by atoms with E-state index in [-0.39, 0.29) is 0 Å². The van der Waals surface area contributed by atoms with Crippen LogP contribution in [-0.4, -0.2) is 58.0 Å². The number of hydrogen-bond acceptors (Lipinski definition) is 5. The number of thioether (sulfide) groups is 1. The zero-order valence-corrected chi connectivity index (χ0v) is 13.7. The van der Waals surface area contributed by atoms with Gasteiger partial charge in [-0.3, -0.25) is 4.40 Å². The summed E-state index contributed by atoms with van der Waals surface area (Å²) in [4.78, 5) is 8.33. The minimum absolute atomic E-state index is 0.488. The predicted molar refractivity (Wildman–Crippen MR) is 88.0 cm³/mol. The molecule has 6 heteroatoms. The number of likely N-dealkylation sites (N-methyl/N-ethyl adjacent to an activating group) is 2. The summed E-state index contributed by atoms with van der Waals surface area (Å²) in [7, 11) is 2.25. The van der Waals surface area contributed by atoms with Crippen molar-refractivity contribution in [2.45, 2.75) is 25.4 Å². The summed E-state index contributed by atoms with van der Waals surface area (Å²) < 4.78 is 2.13. The number of thiazole rings is 1. The molecule has 1 saturated heterocycles. The number of aromatic nitrogens is 2. The summed E-state index contributed by atoms with van der Waals surface area (Å²) in [5, 5.41) is 5.75. The van der Waals surface area contributed by atoms with Gasteiger partial charge in [-0.25, -0.2) is 4.98 Å². The third kappa shape index (κ3) is 3.03. The van der Waals surface area contributed by atoms with Crippen molar-refractivity contribution in [3.05, 3.63) is 23.5 Å². The van der Waals surface area contributed by atoms with Gasteiger partial charge in [-0.1, -0.05) is 6.92 Å². The van der Waals surface area contributed by atoms with Crippen molar-refractivity contribution in [3.8, 4) is 0 Å². The molecule has 0 amide bonds. The van der Waals surface area contributed by atoms with Crippen molar-refractivity contribution in [2.75, 3.05) is 31.6 Å². The van der Waals surface area contributed by atoms with Gasteiger partial charge in [-0.15, -0.1) is 11.3 Å². The Morgan fingerprint density at radius 1 is 1.55 bits per heavy atom. The highest BCUT2D eigenvalue weighted by Crippen LogP contribution is 2.20. The molecule has 0 saturated carbocycles. The van der Waals surface area contributed by atoms with Crippen LogP contribution in [0.15, 0.2) is 17.8 Å². The van der Waals surface area contributed by atoms with Gasteiger partial charge in [-0.05, 0) is 13.6 Å². The van der Waals surface area contributed by atoms with E-state index in [1.807, 2.05) is 0 Å². The lowest BCUT2D eigenvalue weighted by Gasteiger charge is -2.38. The van der Waals surface area contributed by atoms with Crippen molar-refractivity contribution in [1.29, 1.82) is 0 Å². The van der Waals surface area contributed by atoms with Crippen LogP contribution in [0.1, 0.15) is 12.6 Å². The van der Waals surface area contributed by atoms with E-state index >= 15 is 0 Å². The van der Waals surface area contributed by atoms with E-state index in [0.717, 1.165) is 17.9 Å². The van der Waals surface area contributed by atoms with Crippen molar-refractivity contribution in [3.63, 3.8) is 0 Å². The quantitative estimate of drug-likeness (QED) is 0.915. The van der Waals surface area contributed by atoms with Crippen LogP contribution < -0.4 is 5.32 Å². The highest BCUT2D eigenvalue weighted by atomic mass is 32.2. The number of nitrogens with one attached hydrogen (secondary N) is 1. The number of nitrogens with zero attached hydrogens (tertiary/aromatic N) is 3. The fourth-order valence-corrected chi connectivity index (χ4v) is 4.87. The SMILES string of the molecule is CCNC(Cc1cn2ccsc2n1)C1CSCCN1C. The molecular weight excluding hydrogens is 288 g/mol. The first-order valence-corrected chi connectivity index (χ1v) is 9.24. The molecule has 0 bridgehead atoms. The average molecular weight is 310 g/mol. The highest BCUT2D eigenvalue weighted by molar-refractivity contribution is 7.99. The van der Waals surface area contributed by atoms with Gasteiger partial charge in [0.05, 0.1) is 5.69 Å². The molecule has 0 spiro atoms. The molecule has 2 atom stereocenters. The molecule has 110 valence electrons. The first-order valence-electron chi connectivity index (χ1n) is 7.20. The average Bonchev–Trinajstić information content (AvgIpc) is 3.00. The molecule has 4 nitrogen and oxygen atoms in total. The van der Waals surface area contributed by atoms with Crippen LogP contribution in [0, 0.1) is 0 Å². The second kappa shape index (κ2) is 6.47. The molecule has 2 aromatic heterocycles. The van der Waals surface area contributed by atoms with Crippen LogP contribution >= 0.6 is 23.1 Å². The summed E-state index contributed by atoms with van der Waals surface area (Å²) in [5.74, 6) is 2.47. The number of imidazole rings is 1. The normalized spacial score (nSPS) is 22.4. The maximum atomic E-state index is 4.73. The molecule has 0 radical (unpaired) electrons. The van der Waals surface area contributed by atoms with E-state index in [2.05, 4.69) is 58.1 Å². The molecule has 2 aromatic rings. The van der Waals surface area contributed by atoms with Gasteiger partial charge in [0.25, 0.3) is 0 Å². The lowest BCUT2D eigenvalue weighted by Crippen LogP contribution is -2.53. The maximum absolute atomic E-state index is 4.73. The molecule has 20 heavy (non-hydrogen) atoms. The predicted octanol–water partition coefficient (Wildman–Crippen LogP) is 1.96. The zero-order valence-electron chi connectivity index (χ0n) is 12.1. The summed E-state index contributed by atoms with van der Waals surface area (Å²) in [6, 6.07) is 1.09. The minimum Gasteiger partial charge on any atom is -0.312 e. The standard InChI is InChI=1S/C14H22N4S2/c1-3-15-12(13-10-19-6-4-17(13)2)8-11-9-18-5-7-20-14(18)16-11/h5,7,9,12-13,15H,3-4,6,8,10H2,1-2H3. The van der Waals surface area contributed by atoms with E-state index in [9.17, 15) is 0 Å². The summed E-state index contributed by atoms with van der Waals surface area (Å²) in [5.41, 5.74) is 1.20. The number of rotatable bonds is 5. The molecule has 2 unspecified atom stereocenters. The first-order chi connectivity index (χ1) is 9.78. The lowest BCUT2D eigenvalue weighted by atomic mass is 10.0. The van der Waals surface area contributed by atoms with Crippen molar-refractivity contribution in [1.82, 2.24) is 19.6 Å². The van der Waals surface area contributed by atoms with Crippen LogP contribution in [0.3, 0.4) is 0 Å². The second-order valence-electron chi connectivity index (χ2n) is 5.32. The van der Waals surface area contributed by atoms with Gasteiger partial charge in [-0.2, -0.15) is 11.8 Å².